The Morgan fingerprint density at radius 1 is 1.42 bits per heavy atom. The molecule has 4 nitrogen and oxygen atoms in total. The summed E-state index contributed by atoms with van der Waals surface area (Å²) in [5.41, 5.74) is -0.105. The summed E-state index contributed by atoms with van der Waals surface area (Å²) >= 11 is 0. The molecule has 0 saturated carbocycles. The zero-order chi connectivity index (χ0) is 14.1. The zero-order valence-corrected chi connectivity index (χ0v) is 13.0. The van der Waals surface area contributed by atoms with E-state index in [4.69, 9.17) is 4.74 Å². The molecule has 1 fully saturated rings. The van der Waals surface area contributed by atoms with Crippen molar-refractivity contribution in [3.63, 3.8) is 0 Å². The molecule has 1 heterocycles. The van der Waals surface area contributed by atoms with E-state index in [0.29, 0.717) is 6.04 Å². The van der Waals surface area contributed by atoms with Crippen molar-refractivity contribution in [2.75, 3.05) is 39.5 Å². The second kappa shape index (κ2) is 8.90. The molecule has 0 radical (unpaired) electrons. The molecule has 4 heteroatoms. The first-order chi connectivity index (χ1) is 9.11. The van der Waals surface area contributed by atoms with Gasteiger partial charge in [0.25, 0.3) is 0 Å². The number of unbranched alkanes of at least 4 members (excludes halogenated alkanes) is 1. The van der Waals surface area contributed by atoms with Gasteiger partial charge in [-0.1, -0.05) is 13.3 Å². The standard InChI is InChI=1S/C15H32N2O2/c1-4-8-16-15(3,13-18)7-5-6-9-17-10-11-19-12-14(17)2/h14,16,18H,4-13H2,1-3H3. The molecular weight excluding hydrogens is 240 g/mol. The quantitative estimate of drug-likeness (QED) is 0.626. The van der Waals surface area contributed by atoms with Gasteiger partial charge < -0.3 is 15.2 Å². The summed E-state index contributed by atoms with van der Waals surface area (Å²) in [4.78, 5) is 2.51. The lowest BCUT2D eigenvalue weighted by molar-refractivity contribution is -0.00122. The van der Waals surface area contributed by atoms with Crippen LogP contribution in [0.25, 0.3) is 0 Å². The molecule has 2 atom stereocenters. The summed E-state index contributed by atoms with van der Waals surface area (Å²) in [5.74, 6) is 0. The lowest BCUT2D eigenvalue weighted by Gasteiger charge is -2.34. The third-order valence-corrected chi connectivity index (χ3v) is 4.08. The molecule has 0 bridgehead atoms. The molecule has 1 aliphatic rings. The smallest absolute Gasteiger partial charge is 0.0619 e. The molecule has 0 amide bonds. The highest BCUT2D eigenvalue weighted by atomic mass is 16.5. The van der Waals surface area contributed by atoms with E-state index in [1.54, 1.807) is 0 Å². The minimum Gasteiger partial charge on any atom is -0.394 e. The fourth-order valence-electron chi connectivity index (χ4n) is 2.57. The van der Waals surface area contributed by atoms with Gasteiger partial charge in [-0.3, -0.25) is 4.90 Å². The average molecular weight is 272 g/mol. The van der Waals surface area contributed by atoms with Gasteiger partial charge in [0.15, 0.2) is 0 Å². The first kappa shape index (κ1) is 16.9. The van der Waals surface area contributed by atoms with E-state index in [1.165, 1.54) is 6.42 Å². The number of aliphatic hydroxyl groups is 1. The third kappa shape index (κ3) is 6.21. The van der Waals surface area contributed by atoms with E-state index in [9.17, 15) is 5.11 Å². The minimum absolute atomic E-state index is 0.105. The molecule has 0 aromatic rings. The zero-order valence-electron chi connectivity index (χ0n) is 13.0. The number of hydrogen-bond donors (Lipinski definition) is 2. The first-order valence-corrected chi connectivity index (χ1v) is 7.79. The van der Waals surface area contributed by atoms with E-state index < -0.39 is 0 Å². The van der Waals surface area contributed by atoms with Gasteiger partial charge in [-0.25, -0.2) is 0 Å². The normalized spacial score (nSPS) is 24.3. The number of rotatable bonds is 9. The van der Waals surface area contributed by atoms with Crippen molar-refractivity contribution >= 4 is 0 Å². The third-order valence-electron chi connectivity index (χ3n) is 4.08. The number of ether oxygens (including phenoxy) is 1. The van der Waals surface area contributed by atoms with Gasteiger partial charge in [0, 0.05) is 18.1 Å². The number of nitrogens with one attached hydrogen (secondary N) is 1. The van der Waals surface area contributed by atoms with Gasteiger partial charge in [0.05, 0.1) is 19.8 Å². The fourth-order valence-corrected chi connectivity index (χ4v) is 2.57. The molecule has 2 unspecified atom stereocenters. The van der Waals surface area contributed by atoms with E-state index in [2.05, 4.69) is 31.0 Å². The van der Waals surface area contributed by atoms with Crippen molar-refractivity contribution in [3.05, 3.63) is 0 Å². The largest absolute Gasteiger partial charge is 0.394 e. The number of aliphatic hydroxyl groups excluding tert-OH is 1. The second-order valence-corrected chi connectivity index (χ2v) is 6.06. The minimum atomic E-state index is -0.105. The predicted octanol–water partition coefficient (Wildman–Crippen LogP) is 1.63. The lowest BCUT2D eigenvalue weighted by Crippen LogP contribution is -2.46. The lowest BCUT2D eigenvalue weighted by atomic mass is 9.95. The van der Waals surface area contributed by atoms with Crippen LogP contribution in [0, 0.1) is 0 Å². The van der Waals surface area contributed by atoms with Crippen LogP contribution in [-0.4, -0.2) is 61.0 Å². The van der Waals surface area contributed by atoms with Gasteiger partial charge in [0.1, 0.15) is 0 Å². The van der Waals surface area contributed by atoms with Gasteiger partial charge in [-0.05, 0) is 46.2 Å². The summed E-state index contributed by atoms with van der Waals surface area (Å²) in [6.45, 7) is 11.7. The van der Waals surface area contributed by atoms with E-state index in [1.807, 2.05) is 0 Å². The van der Waals surface area contributed by atoms with Crippen LogP contribution in [0.2, 0.25) is 0 Å². The summed E-state index contributed by atoms with van der Waals surface area (Å²) in [5, 5.41) is 13.0. The Kier molecular flexibility index (Phi) is 7.91. The van der Waals surface area contributed by atoms with Crippen LogP contribution < -0.4 is 5.32 Å². The van der Waals surface area contributed by atoms with Crippen LogP contribution >= 0.6 is 0 Å². The SMILES string of the molecule is CCCNC(C)(CO)CCCCN1CCOCC1C. The topological polar surface area (TPSA) is 44.7 Å². The Morgan fingerprint density at radius 3 is 2.84 bits per heavy atom. The molecule has 19 heavy (non-hydrogen) atoms. The van der Waals surface area contributed by atoms with Crippen LogP contribution in [0.3, 0.4) is 0 Å². The van der Waals surface area contributed by atoms with E-state index >= 15 is 0 Å². The van der Waals surface area contributed by atoms with Crippen LogP contribution in [0.4, 0.5) is 0 Å². The Balaban J connectivity index is 2.17. The molecule has 0 spiro atoms. The van der Waals surface area contributed by atoms with Crippen molar-refractivity contribution in [1.82, 2.24) is 10.2 Å². The molecule has 1 saturated heterocycles. The molecule has 0 aromatic heterocycles. The van der Waals surface area contributed by atoms with Crippen molar-refractivity contribution in [2.24, 2.45) is 0 Å². The molecular formula is C15H32N2O2. The van der Waals surface area contributed by atoms with E-state index in [-0.39, 0.29) is 12.1 Å². The number of hydrogen-bond acceptors (Lipinski definition) is 4. The maximum Gasteiger partial charge on any atom is 0.0619 e. The van der Waals surface area contributed by atoms with Crippen molar-refractivity contribution < 1.29 is 9.84 Å². The molecule has 0 aromatic carbocycles. The molecule has 0 aliphatic carbocycles. The summed E-state index contributed by atoms with van der Waals surface area (Å²) in [7, 11) is 0. The Hall–Kier alpha value is -0.160. The Labute approximate surface area is 118 Å². The highest BCUT2D eigenvalue weighted by molar-refractivity contribution is 4.82. The Bertz CT molecular complexity index is 238. The van der Waals surface area contributed by atoms with Crippen molar-refractivity contribution in [2.45, 2.75) is 58.0 Å². The maximum absolute atomic E-state index is 9.51. The van der Waals surface area contributed by atoms with Gasteiger partial charge in [0.2, 0.25) is 0 Å². The first-order valence-electron chi connectivity index (χ1n) is 7.79. The highest BCUT2D eigenvalue weighted by Gasteiger charge is 2.22. The Morgan fingerprint density at radius 2 is 2.21 bits per heavy atom. The van der Waals surface area contributed by atoms with Crippen molar-refractivity contribution in [3.8, 4) is 0 Å². The highest BCUT2D eigenvalue weighted by Crippen LogP contribution is 2.15. The fraction of sp³-hybridized carbons (Fsp3) is 1.00. The van der Waals surface area contributed by atoms with E-state index in [0.717, 1.165) is 52.1 Å². The second-order valence-electron chi connectivity index (χ2n) is 6.06. The monoisotopic (exact) mass is 272 g/mol. The molecule has 114 valence electrons. The summed E-state index contributed by atoms with van der Waals surface area (Å²) < 4.78 is 5.45. The predicted molar refractivity (Wildman–Crippen MR) is 79.5 cm³/mol. The average Bonchev–Trinajstić information content (AvgIpc) is 2.43. The number of nitrogens with zero attached hydrogens (tertiary/aromatic N) is 1. The molecule has 1 rings (SSSR count). The van der Waals surface area contributed by atoms with Crippen LogP contribution in [0.15, 0.2) is 0 Å². The van der Waals surface area contributed by atoms with Gasteiger partial charge in [-0.15, -0.1) is 0 Å². The van der Waals surface area contributed by atoms with Crippen LogP contribution in [-0.2, 0) is 4.74 Å². The van der Waals surface area contributed by atoms with Crippen LogP contribution in [0.1, 0.15) is 46.5 Å². The molecule has 1 aliphatic heterocycles. The van der Waals surface area contributed by atoms with Gasteiger partial charge >= 0.3 is 0 Å². The maximum atomic E-state index is 9.51. The van der Waals surface area contributed by atoms with Crippen molar-refractivity contribution in [1.29, 1.82) is 0 Å². The number of morpholine rings is 1. The van der Waals surface area contributed by atoms with Crippen LogP contribution in [0.5, 0.6) is 0 Å². The van der Waals surface area contributed by atoms with Gasteiger partial charge in [-0.2, -0.15) is 0 Å². The summed E-state index contributed by atoms with van der Waals surface area (Å²) in [6, 6.07) is 0.552. The summed E-state index contributed by atoms with van der Waals surface area (Å²) in [6.07, 6.45) is 4.52. The molecule has 2 N–H and O–H groups in total.